The molecule has 1 rings (SSSR count). The van der Waals surface area contributed by atoms with Gasteiger partial charge in [-0.15, -0.1) is 24.0 Å². The van der Waals surface area contributed by atoms with E-state index in [0.29, 0.717) is 19.8 Å². The number of ether oxygens (including phenoxy) is 2. The van der Waals surface area contributed by atoms with E-state index in [4.69, 9.17) is 9.47 Å². The first-order chi connectivity index (χ1) is 11.7. The number of aliphatic imine (C=N–C) groups is 1. The molecular formula is C19H34IN3O2. The molecule has 1 aromatic carbocycles. The summed E-state index contributed by atoms with van der Waals surface area (Å²) in [6.45, 7) is 8.65. The maximum Gasteiger partial charge on any atom is 0.193 e. The van der Waals surface area contributed by atoms with Gasteiger partial charge in [-0.05, 0) is 24.5 Å². The molecule has 1 N–H and O–H groups in total. The molecule has 0 fully saturated rings. The predicted octanol–water partition coefficient (Wildman–Crippen LogP) is 3.45. The minimum absolute atomic E-state index is 0. The van der Waals surface area contributed by atoms with Gasteiger partial charge in [-0.3, -0.25) is 4.99 Å². The summed E-state index contributed by atoms with van der Waals surface area (Å²) in [4.78, 5) is 6.45. The maximum atomic E-state index is 5.56. The molecule has 25 heavy (non-hydrogen) atoms. The van der Waals surface area contributed by atoms with Gasteiger partial charge >= 0.3 is 0 Å². The molecule has 0 spiro atoms. The Hall–Kier alpha value is -0.860. The lowest BCUT2D eigenvalue weighted by atomic mass is 10.1. The van der Waals surface area contributed by atoms with E-state index in [2.05, 4.69) is 53.3 Å². The Morgan fingerprint density at radius 2 is 1.80 bits per heavy atom. The number of guanidine groups is 1. The summed E-state index contributed by atoms with van der Waals surface area (Å²) in [7, 11) is 3.85. The van der Waals surface area contributed by atoms with Crippen molar-refractivity contribution in [3.05, 3.63) is 35.4 Å². The van der Waals surface area contributed by atoms with Crippen LogP contribution in [0, 0.1) is 6.92 Å². The van der Waals surface area contributed by atoms with Crippen molar-refractivity contribution in [2.24, 2.45) is 4.99 Å². The lowest BCUT2D eigenvalue weighted by molar-refractivity contribution is 0.0486. The highest BCUT2D eigenvalue weighted by Crippen LogP contribution is 2.09. The molecule has 0 atom stereocenters. The standard InChI is InChI=1S/C19H33N3O2.HI/c1-5-6-12-23-14-15-24-13-11-21-19(20-3)22(4)16-18-10-8-7-9-17(18)2;/h7-10H,5-6,11-16H2,1-4H3,(H,20,21);1H. The second-order valence-corrected chi connectivity index (χ2v) is 5.83. The zero-order valence-corrected chi connectivity index (χ0v) is 18.4. The van der Waals surface area contributed by atoms with Crippen LogP contribution in [0.15, 0.2) is 29.3 Å². The molecule has 6 heteroatoms. The molecule has 144 valence electrons. The molecule has 0 unspecified atom stereocenters. The molecule has 0 amide bonds. The molecule has 1 aromatic rings. The summed E-state index contributed by atoms with van der Waals surface area (Å²) >= 11 is 0. The van der Waals surface area contributed by atoms with Gasteiger partial charge in [0.1, 0.15) is 0 Å². The highest BCUT2D eigenvalue weighted by atomic mass is 127. The number of benzene rings is 1. The summed E-state index contributed by atoms with van der Waals surface area (Å²) < 4.78 is 11.0. The topological polar surface area (TPSA) is 46.1 Å². The van der Waals surface area contributed by atoms with E-state index in [-0.39, 0.29) is 24.0 Å². The van der Waals surface area contributed by atoms with Crippen molar-refractivity contribution in [1.82, 2.24) is 10.2 Å². The molecule has 0 saturated carbocycles. The third-order valence-electron chi connectivity index (χ3n) is 3.79. The monoisotopic (exact) mass is 463 g/mol. The summed E-state index contributed by atoms with van der Waals surface area (Å²) in [5.41, 5.74) is 2.61. The zero-order chi connectivity index (χ0) is 17.6. The summed E-state index contributed by atoms with van der Waals surface area (Å²) in [6, 6.07) is 8.43. The van der Waals surface area contributed by atoms with Crippen molar-refractivity contribution in [2.75, 3.05) is 47.1 Å². The highest BCUT2D eigenvalue weighted by Gasteiger charge is 2.07. The van der Waals surface area contributed by atoms with Crippen molar-refractivity contribution in [3.8, 4) is 0 Å². The number of halogens is 1. The van der Waals surface area contributed by atoms with Crippen LogP contribution < -0.4 is 5.32 Å². The van der Waals surface area contributed by atoms with E-state index in [0.717, 1.165) is 32.1 Å². The third kappa shape index (κ3) is 10.7. The number of unbranched alkanes of at least 4 members (excludes halogenated alkanes) is 1. The second kappa shape index (κ2) is 15.4. The van der Waals surface area contributed by atoms with Gasteiger partial charge in [0.15, 0.2) is 5.96 Å². The molecule has 0 aliphatic carbocycles. The van der Waals surface area contributed by atoms with Crippen LogP contribution in [0.3, 0.4) is 0 Å². The lowest BCUT2D eigenvalue weighted by Gasteiger charge is -2.23. The van der Waals surface area contributed by atoms with E-state index < -0.39 is 0 Å². The van der Waals surface area contributed by atoms with Gasteiger partial charge < -0.3 is 19.7 Å². The van der Waals surface area contributed by atoms with Crippen molar-refractivity contribution in [2.45, 2.75) is 33.2 Å². The number of hydrogen-bond acceptors (Lipinski definition) is 3. The number of nitrogens with one attached hydrogen (secondary N) is 1. The van der Waals surface area contributed by atoms with Gasteiger partial charge in [-0.25, -0.2) is 0 Å². The Morgan fingerprint density at radius 3 is 2.44 bits per heavy atom. The average Bonchev–Trinajstić information content (AvgIpc) is 2.58. The van der Waals surface area contributed by atoms with Crippen LogP contribution in [0.1, 0.15) is 30.9 Å². The SMILES string of the molecule is CCCCOCCOCCNC(=NC)N(C)Cc1ccccc1C.I. The highest BCUT2D eigenvalue weighted by molar-refractivity contribution is 14.0. The molecule has 0 aliphatic heterocycles. The second-order valence-electron chi connectivity index (χ2n) is 5.83. The van der Waals surface area contributed by atoms with Gasteiger partial charge in [0.25, 0.3) is 0 Å². The molecule has 0 saturated heterocycles. The van der Waals surface area contributed by atoms with Crippen molar-refractivity contribution in [3.63, 3.8) is 0 Å². The van der Waals surface area contributed by atoms with E-state index in [1.807, 2.05) is 7.05 Å². The smallest absolute Gasteiger partial charge is 0.193 e. The molecular weight excluding hydrogens is 429 g/mol. The summed E-state index contributed by atoms with van der Waals surface area (Å²) in [5, 5.41) is 3.33. The van der Waals surface area contributed by atoms with Crippen LogP contribution in [-0.4, -0.2) is 57.9 Å². The molecule has 0 bridgehead atoms. The van der Waals surface area contributed by atoms with Crippen molar-refractivity contribution < 1.29 is 9.47 Å². The summed E-state index contributed by atoms with van der Waals surface area (Å²) in [6.07, 6.45) is 2.28. The number of nitrogens with zero attached hydrogens (tertiary/aromatic N) is 2. The van der Waals surface area contributed by atoms with Gasteiger partial charge in [0, 0.05) is 33.8 Å². The molecule has 0 aromatic heterocycles. The van der Waals surface area contributed by atoms with Gasteiger partial charge in [0.2, 0.25) is 0 Å². The first-order valence-corrected chi connectivity index (χ1v) is 8.80. The predicted molar refractivity (Wildman–Crippen MR) is 116 cm³/mol. The Morgan fingerprint density at radius 1 is 1.12 bits per heavy atom. The fourth-order valence-electron chi connectivity index (χ4n) is 2.31. The zero-order valence-electron chi connectivity index (χ0n) is 16.1. The minimum atomic E-state index is 0. The van der Waals surface area contributed by atoms with Gasteiger partial charge in [-0.1, -0.05) is 37.6 Å². The van der Waals surface area contributed by atoms with Crippen LogP contribution in [0.25, 0.3) is 0 Å². The average molecular weight is 463 g/mol. The summed E-state index contributed by atoms with van der Waals surface area (Å²) in [5.74, 6) is 0.876. The van der Waals surface area contributed by atoms with Crippen LogP contribution in [-0.2, 0) is 16.0 Å². The first kappa shape index (κ1) is 24.1. The van der Waals surface area contributed by atoms with Gasteiger partial charge in [0.05, 0.1) is 19.8 Å². The Kier molecular flexibility index (Phi) is 14.9. The Bertz CT molecular complexity index is 483. The normalized spacial score (nSPS) is 11.1. The van der Waals surface area contributed by atoms with E-state index in [1.165, 1.54) is 17.5 Å². The third-order valence-corrected chi connectivity index (χ3v) is 3.79. The number of rotatable bonds is 11. The molecule has 0 heterocycles. The van der Waals surface area contributed by atoms with Crippen LogP contribution in [0.2, 0.25) is 0 Å². The lowest BCUT2D eigenvalue weighted by Crippen LogP contribution is -2.40. The largest absolute Gasteiger partial charge is 0.379 e. The minimum Gasteiger partial charge on any atom is -0.379 e. The molecule has 0 aliphatic rings. The van der Waals surface area contributed by atoms with Crippen molar-refractivity contribution in [1.29, 1.82) is 0 Å². The van der Waals surface area contributed by atoms with Crippen LogP contribution >= 0.6 is 24.0 Å². The Balaban J connectivity index is 0.00000576. The fraction of sp³-hybridized carbons (Fsp3) is 0.632. The van der Waals surface area contributed by atoms with Crippen molar-refractivity contribution >= 4 is 29.9 Å². The molecule has 5 nitrogen and oxygen atoms in total. The maximum absolute atomic E-state index is 5.56. The Labute approximate surface area is 170 Å². The van der Waals surface area contributed by atoms with Crippen LogP contribution in [0.4, 0.5) is 0 Å². The van der Waals surface area contributed by atoms with E-state index in [9.17, 15) is 0 Å². The molecule has 0 radical (unpaired) electrons. The van der Waals surface area contributed by atoms with Crippen LogP contribution in [0.5, 0.6) is 0 Å². The van der Waals surface area contributed by atoms with E-state index in [1.54, 1.807) is 7.05 Å². The van der Waals surface area contributed by atoms with Gasteiger partial charge in [-0.2, -0.15) is 0 Å². The quantitative estimate of drug-likeness (QED) is 0.236. The first-order valence-electron chi connectivity index (χ1n) is 8.80. The van der Waals surface area contributed by atoms with E-state index >= 15 is 0 Å². The number of aryl methyl sites for hydroxylation is 1. The fourth-order valence-corrected chi connectivity index (χ4v) is 2.31. The number of hydrogen-bond donors (Lipinski definition) is 1.